The lowest BCUT2D eigenvalue weighted by atomic mass is 9.88. The maximum Gasteiger partial charge on any atom is 0.0705 e. The molecular formula is C19H26N2. The van der Waals surface area contributed by atoms with Crippen LogP contribution in [0.5, 0.6) is 0 Å². The van der Waals surface area contributed by atoms with E-state index in [0.717, 1.165) is 23.7 Å². The first-order chi connectivity index (χ1) is 10.1. The van der Waals surface area contributed by atoms with Crippen molar-refractivity contribution >= 4 is 10.9 Å². The van der Waals surface area contributed by atoms with E-state index in [2.05, 4.69) is 61.4 Å². The Bertz CT molecular complexity index is 618. The minimum atomic E-state index is 0.579. The Labute approximate surface area is 128 Å². The van der Waals surface area contributed by atoms with Gasteiger partial charge in [-0.3, -0.25) is 4.98 Å². The molecule has 0 saturated heterocycles. The highest BCUT2D eigenvalue weighted by Crippen LogP contribution is 2.40. The van der Waals surface area contributed by atoms with E-state index in [4.69, 9.17) is 0 Å². The van der Waals surface area contributed by atoms with Gasteiger partial charge in [-0.1, -0.05) is 32.4 Å². The van der Waals surface area contributed by atoms with Crippen LogP contribution in [0.3, 0.4) is 0 Å². The Kier molecular flexibility index (Phi) is 4.25. The molecule has 1 aromatic carbocycles. The number of hydrogen-bond acceptors (Lipinski definition) is 2. The first-order valence-corrected chi connectivity index (χ1v) is 8.24. The second-order valence-corrected chi connectivity index (χ2v) is 6.77. The number of rotatable bonds is 4. The highest BCUT2D eigenvalue weighted by molar-refractivity contribution is 5.79. The van der Waals surface area contributed by atoms with Gasteiger partial charge in [-0.15, -0.1) is 0 Å². The molecule has 1 N–H and O–H groups in total. The SMILES string of the molecule is Cc1ccc2cc(C3CCCC3CNC(C)C)ccc2n1. The number of aryl methyl sites for hydroxylation is 1. The molecule has 0 radical (unpaired) electrons. The summed E-state index contributed by atoms with van der Waals surface area (Å²) < 4.78 is 0. The van der Waals surface area contributed by atoms with Gasteiger partial charge in [0.25, 0.3) is 0 Å². The van der Waals surface area contributed by atoms with Crippen molar-refractivity contribution in [2.24, 2.45) is 5.92 Å². The standard InChI is InChI=1S/C19H26N2/c1-13(2)20-12-17-5-4-6-18(17)15-9-10-19-16(11-15)8-7-14(3)21-19/h7-11,13,17-18,20H,4-6,12H2,1-3H3. The Balaban J connectivity index is 1.83. The molecule has 0 spiro atoms. The molecule has 2 nitrogen and oxygen atoms in total. The van der Waals surface area contributed by atoms with E-state index in [1.54, 1.807) is 0 Å². The lowest BCUT2D eigenvalue weighted by Gasteiger charge is -2.22. The largest absolute Gasteiger partial charge is 0.314 e. The second kappa shape index (κ2) is 6.15. The summed E-state index contributed by atoms with van der Waals surface area (Å²) in [6.07, 6.45) is 4.04. The molecule has 21 heavy (non-hydrogen) atoms. The summed E-state index contributed by atoms with van der Waals surface area (Å²) in [5, 5.41) is 4.90. The molecule has 2 aromatic rings. The van der Waals surface area contributed by atoms with Crippen LogP contribution in [0.4, 0.5) is 0 Å². The van der Waals surface area contributed by atoms with Gasteiger partial charge in [0.15, 0.2) is 0 Å². The van der Waals surface area contributed by atoms with Gasteiger partial charge in [-0.25, -0.2) is 0 Å². The maximum absolute atomic E-state index is 4.61. The topological polar surface area (TPSA) is 24.9 Å². The summed E-state index contributed by atoms with van der Waals surface area (Å²) in [6, 6.07) is 11.8. The normalized spacial score (nSPS) is 22.3. The second-order valence-electron chi connectivity index (χ2n) is 6.77. The van der Waals surface area contributed by atoms with Gasteiger partial charge in [0.1, 0.15) is 0 Å². The van der Waals surface area contributed by atoms with Gasteiger partial charge in [-0.05, 0) is 61.9 Å². The van der Waals surface area contributed by atoms with Gasteiger partial charge >= 0.3 is 0 Å². The molecule has 0 amide bonds. The van der Waals surface area contributed by atoms with Crippen molar-refractivity contribution in [2.45, 2.75) is 52.0 Å². The summed E-state index contributed by atoms with van der Waals surface area (Å²) >= 11 is 0. The average Bonchev–Trinajstić information content (AvgIpc) is 2.93. The van der Waals surface area contributed by atoms with Crippen LogP contribution in [0.25, 0.3) is 10.9 Å². The quantitative estimate of drug-likeness (QED) is 0.897. The third kappa shape index (κ3) is 3.26. The zero-order chi connectivity index (χ0) is 14.8. The van der Waals surface area contributed by atoms with Crippen LogP contribution in [0.2, 0.25) is 0 Å². The zero-order valence-corrected chi connectivity index (χ0v) is 13.4. The number of aromatic nitrogens is 1. The molecule has 1 aromatic heterocycles. The van der Waals surface area contributed by atoms with Crippen LogP contribution in [0.15, 0.2) is 30.3 Å². The fraction of sp³-hybridized carbons (Fsp3) is 0.526. The van der Waals surface area contributed by atoms with Crippen LogP contribution in [0.1, 0.15) is 50.3 Å². The van der Waals surface area contributed by atoms with E-state index >= 15 is 0 Å². The van der Waals surface area contributed by atoms with Crippen molar-refractivity contribution < 1.29 is 0 Å². The summed E-state index contributed by atoms with van der Waals surface area (Å²) in [5.41, 5.74) is 3.71. The average molecular weight is 282 g/mol. The van der Waals surface area contributed by atoms with Crippen molar-refractivity contribution in [2.75, 3.05) is 6.54 Å². The van der Waals surface area contributed by atoms with Gasteiger partial charge < -0.3 is 5.32 Å². The summed E-state index contributed by atoms with van der Waals surface area (Å²) in [5.74, 6) is 1.49. The summed E-state index contributed by atoms with van der Waals surface area (Å²) in [6.45, 7) is 7.66. The van der Waals surface area contributed by atoms with Gasteiger partial charge in [-0.2, -0.15) is 0 Å². The molecule has 2 atom stereocenters. The molecule has 0 bridgehead atoms. The molecule has 0 aliphatic heterocycles. The molecule has 1 fully saturated rings. The number of fused-ring (bicyclic) bond motifs is 1. The molecule has 2 unspecified atom stereocenters. The predicted molar refractivity (Wildman–Crippen MR) is 89.7 cm³/mol. The van der Waals surface area contributed by atoms with Crippen LogP contribution >= 0.6 is 0 Å². The highest BCUT2D eigenvalue weighted by Gasteiger charge is 2.28. The summed E-state index contributed by atoms with van der Waals surface area (Å²) in [7, 11) is 0. The van der Waals surface area contributed by atoms with Crippen LogP contribution in [-0.2, 0) is 0 Å². The van der Waals surface area contributed by atoms with E-state index in [-0.39, 0.29) is 0 Å². The highest BCUT2D eigenvalue weighted by atomic mass is 14.9. The molecule has 2 heteroatoms. The first kappa shape index (κ1) is 14.5. The fourth-order valence-corrected chi connectivity index (χ4v) is 3.58. The minimum absolute atomic E-state index is 0.579. The van der Waals surface area contributed by atoms with Crippen molar-refractivity contribution in [1.82, 2.24) is 10.3 Å². The smallest absolute Gasteiger partial charge is 0.0705 e. The molecule has 1 saturated carbocycles. The number of nitrogens with one attached hydrogen (secondary N) is 1. The fourth-order valence-electron chi connectivity index (χ4n) is 3.58. The molecule has 3 rings (SSSR count). The van der Waals surface area contributed by atoms with Gasteiger partial charge in [0.05, 0.1) is 5.52 Å². The Morgan fingerprint density at radius 1 is 1.19 bits per heavy atom. The minimum Gasteiger partial charge on any atom is -0.314 e. The number of hydrogen-bond donors (Lipinski definition) is 1. The van der Waals surface area contributed by atoms with E-state index in [0.29, 0.717) is 12.0 Å². The molecule has 1 aliphatic rings. The van der Waals surface area contributed by atoms with Crippen molar-refractivity contribution in [1.29, 1.82) is 0 Å². The van der Waals surface area contributed by atoms with E-state index in [9.17, 15) is 0 Å². The Morgan fingerprint density at radius 3 is 2.86 bits per heavy atom. The van der Waals surface area contributed by atoms with Gasteiger partial charge in [0.2, 0.25) is 0 Å². The third-order valence-corrected chi connectivity index (χ3v) is 4.73. The number of nitrogens with zero attached hydrogens (tertiary/aromatic N) is 1. The zero-order valence-electron chi connectivity index (χ0n) is 13.4. The maximum atomic E-state index is 4.61. The number of benzene rings is 1. The van der Waals surface area contributed by atoms with Gasteiger partial charge in [0, 0.05) is 17.1 Å². The van der Waals surface area contributed by atoms with E-state index in [1.807, 2.05) is 0 Å². The molecule has 1 aliphatic carbocycles. The van der Waals surface area contributed by atoms with Crippen LogP contribution in [0, 0.1) is 12.8 Å². The Morgan fingerprint density at radius 2 is 2.05 bits per heavy atom. The summed E-state index contributed by atoms with van der Waals surface area (Å²) in [4.78, 5) is 4.61. The van der Waals surface area contributed by atoms with Crippen LogP contribution in [-0.4, -0.2) is 17.6 Å². The molecular weight excluding hydrogens is 256 g/mol. The van der Waals surface area contributed by atoms with Crippen molar-refractivity contribution in [3.05, 3.63) is 41.6 Å². The Hall–Kier alpha value is -1.41. The van der Waals surface area contributed by atoms with E-state index in [1.165, 1.54) is 30.2 Å². The van der Waals surface area contributed by atoms with Crippen LogP contribution < -0.4 is 5.32 Å². The third-order valence-electron chi connectivity index (χ3n) is 4.73. The number of pyridine rings is 1. The van der Waals surface area contributed by atoms with E-state index < -0.39 is 0 Å². The lowest BCUT2D eigenvalue weighted by molar-refractivity contribution is 0.423. The molecule has 1 heterocycles. The molecule has 112 valence electrons. The van der Waals surface area contributed by atoms with Crippen molar-refractivity contribution in [3.8, 4) is 0 Å². The lowest BCUT2D eigenvalue weighted by Crippen LogP contribution is -2.30. The van der Waals surface area contributed by atoms with Crippen molar-refractivity contribution in [3.63, 3.8) is 0 Å². The predicted octanol–water partition coefficient (Wildman–Crippen LogP) is 4.42. The monoisotopic (exact) mass is 282 g/mol. The first-order valence-electron chi connectivity index (χ1n) is 8.24.